The minimum absolute atomic E-state index is 0.166. The van der Waals surface area contributed by atoms with Crippen LogP contribution in [0.25, 0.3) is 11.3 Å². The number of nitrogen functional groups attached to an aromatic ring is 1. The summed E-state index contributed by atoms with van der Waals surface area (Å²) in [4.78, 5) is 17.3. The second-order valence-electron chi connectivity index (χ2n) is 4.92. The number of carbonyl (C=O) groups excluding carboxylic acids is 1. The second-order valence-corrected chi connectivity index (χ2v) is 7.43. The first-order valence-corrected chi connectivity index (χ1v) is 8.72. The van der Waals surface area contributed by atoms with E-state index in [4.69, 9.17) is 5.73 Å². The summed E-state index contributed by atoms with van der Waals surface area (Å²) in [6, 6.07) is 6.87. The minimum atomic E-state index is -4.71. The summed E-state index contributed by atoms with van der Waals surface area (Å²) in [5.41, 5.74) is 7.67. The van der Waals surface area contributed by atoms with E-state index in [0.717, 1.165) is 11.3 Å². The lowest BCUT2D eigenvalue weighted by Gasteiger charge is -2.16. The first-order valence-electron chi connectivity index (χ1n) is 6.40. The van der Waals surface area contributed by atoms with E-state index < -0.39 is 21.4 Å². The fourth-order valence-electron chi connectivity index (χ4n) is 2.35. The summed E-state index contributed by atoms with van der Waals surface area (Å²) in [6.07, 6.45) is -0.330. The molecule has 1 saturated heterocycles. The molecule has 3 rings (SSSR count). The Labute approximate surface area is 130 Å². The number of benzene rings is 1. The molecule has 0 radical (unpaired) electrons. The van der Waals surface area contributed by atoms with Gasteiger partial charge in [0.15, 0.2) is 5.13 Å². The summed E-state index contributed by atoms with van der Waals surface area (Å²) in [5, 5.41) is 0.986. The van der Waals surface area contributed by atoms with Crippen molar-refractivity contribution in [1.82, 2.24) is 4.98 Å². The molecular weight excluding hydrogens is 329 g/mol. The van der Waals surface area contributed by atoms with Gasteiger partial charge in [-0.05, 0) is 12.1 Å². The van der Waals surface area contributed by atoms with E-state index in [1.165, 1.54) is 16.2 Å². The van der Waals surface area contributed by atoms with Gasteiger partial charge < -0.3 is 10.6 Å². The molecule has 1 amide bonds. The van der Waals surface area contributed by atoms with Crippen molar-refractivity contribution in [3.05, 3.63) is 29.6 Å². The predicted molar refractivity (Wildman–Crippen MR) is 82.7 cm³/mol. The van der Waals surface area contributed by atoms with Gasteiger partial charge in [0, 0.05) is 29.6 Å². The summed E-state index contributed by atoms with van der Waals surface area (Å²) < 4.78 is 34.9. The summed E-state index contributed by atoms with van der Waals surface area (Å²) in [7, 11) is -4.71. The Bertz CT molecular complexity index is 817. The number of hydrogen-bond donors (Lipinski definition) is 1. The highest BCUT2D eigenvalue weighted by Crippen LogP contribution is 2.29. The number of hydrogen-bond acceptors (Lipinski definition) is 6. The molecular formula is C13H12FN3O3S2. The van der Waals surface area contributed by atoms with Gasteiger partial charge in [0.2, 0.25) is 5.91 Å². The van der Waals surface area contributed by atoms with Gasteiger partial charge in [-0.1, -0.05) is 12.1 Å². The summed E-state index contributed by atoms with van der Waals surface area (Å²) in [5.74, 6) is -0.406. The Kier molecular flexibility index (Phi) is 3.61. The van der Waals surface area contributed by atoms with E-state index >= 15 is 0 Å². The van der Waals surface area contributed by atoms with Crippen molar-refractivity contribution in [3.8, 4) is 11.3 Å². The largest absolute Gasteiger partial charge is 0.375 e. The second kappa shape index (κ2) is 5.33. The first kappa shape index (κ1) is 14.9. The zero-order valence-electron chi connectivity index (χ0n) is 11.3. The van der Waals surface area contributed by atoms with Crippen molar-refractivity contribution >= 4 is 38.3 Å². The fraction of sp³-hybridized carbons (Fsp3) is 0.231. The smallest absolute Gasteiger partial charge is 0.307 e. The predicted octanol–water partition coefficient (Wildman–Crippen LogP) is 1.80. The van der Waals surface area contributed by atoms with Crippen molar-refractivity contribution in [2.45, 2.75) is 11.7 Å². The molecule has 9 heteroatoms. The first-order chi connectivity index (χ1) is 10.3. The summed E-state index contributed by atoms with van der Waals surface area (Å²) in [6.45, 7) is -0.166. The van der Waals surface area contributed by atoms with Crippen LogP contribution < -0.4 is 10.6 Å². The molecule has 1 aliphatic rings. The monoisotopic (exact) mass is 341 g/mol. The Balaban J connectivity index is 1.83. The molecule has 0 aliphatic carbocycles. The molecule has 1 fully saturated rings. The van der Waals surface area contributed by atoms with Crippen molar-refractivity contribution in [3.63, 3.8) is 0 Å². The quantitative estimate of drug-likeness (QED) is 0.859. The van der Waals surface area contributed by atoms with Crippen LogP contribution in [0.15, 0.2) is 29.6 Å². The molecule has 0 saturated carbocycles. The number of nitrogens with two attached hydrogens (primary N) is 1. The Morgan fingerprint density at radius 3 is 2.50 bits per heavy atom. The van der Waals surface area contributed by atoms with Crippen LogP contribution in [0.3, 0.4) is 0 Å². The number of nitrogens with zero attached hydrogens (tertiary/aromatic N) is 2. The van der Waals surface area contributed by atoms with E-state index in [1.807, 2.05) is 5.38 Å². The van der Waals surface area contributed by atoms with Gasteiger partial charge in [0.05, 0.1) is 5.69 Å². The Hall–Kier alpha value is -2.00. The molecule has 1 aromatic heterocycles. The molecule has 1 atom stereocenters. The van der Waals surface area contributed by atoms with Gasteiger partial charge in [-0.3, -0.25) is 4.79 Å². The van der Waals surface area contributed by atoms with Crippen LogP contribution in [-0.4, -0.2) is 31.1 Å². The van der Waals surface area contributed by atoms with Crippen molar-refractivity contribution in [1.29, 1.82) is 0 Å². The standard InChI is InChI=1S/C13H12FN3O3S2/c14-22(19,20)10-5-12(18)17(6-10)9-3-1-8(2-4-9)11-7-21-13(15)16-11/h1-4,7,10H,5-6H2,(H2,15,16). The molecule has 2 heterocycles. The molecule has 116 valence electrons. The zero-order valence-corrected chi connectivity index (χ0v) is 12.9. The highest BCUT2D eigenvalue weighted by Gasteiger charge is 2.38. The highest BCUT2D eigenvalue weighted by molar-refractivity contribution is 7.87. The third kappa shape index (κ3) is 2.81. The molecule has 0 bridgehead atoms. The topological polar surface area (TPSA) is 93.4 Å². The highest BCUT2D eigenvalue weighted by atomic mass is 32.3. The average Bonchev–Trinajstić information content (AvgIpc) is 3.05. The Morgan fingerprint density at radius 2 is 2.00 bits per heavy atom. The zero-order chi connectivity index (χ0) is 15.9. The normalized spacial score (nSPS) is 18.9. The van der Waals surface area contributed by atoms with Crippen molar-refractivity contribution in [2.24, 2.45) is 0 Å². The summed E-state index contributed by atoms with van der Waals surface area (Å²) >= 11 is 1.33. The third-order valence-corrected chi connectivity index (χ3v) is 5.27. The van der Waals surface area contributed by atoms with Crippen LogP contribution in [0.1, 0.15) is 6.42 Å². The molecule has 2 aromatic rings. The third-order valence-electron chi connectivity index (χ3n) is 3.48. The molecule has 1 aromatic carbocycles. The molecule has 2 N–H and O–H groups in total. The van der Waals surface area contributed by atoms with Crippen LogP contribution in [0, 0.1) is 0 Å². The van der Waals surface area contributed by atoms with Gasteiger partial charge in [-0.2, -0.15) is 8.42 Å². The maximum atomic E-state index is 13.0. The number of carbonyl (C=O) groups is 1. The van der Waals surface area contributed by atoms with Gasteiger partial charge in [-0.25, -0.2) is 4.98 Å². The molecule has 0 spiro atoms. The van der Waals surface area contributed by atoms with Crippen LogP contribution in [0.2, 0.25) is 0 Å². The van der Waals surface area contributed by atoms with E-state index in [2.05, 4.69) is 4.98 Å². The fourth-order valence-corrected chi connectivity index (χ4v) is 3.59. The van der Waals surface area contributed by atoms with E-state index in [-0.39, 0.29) is 13.0 Å². The van der Waals surface area contributed by atoms with E-state index in [1.54, 1.807) is 24.3 Å². The maximum absolute atomic E-state index is 13.0. The molecule has 1 aliphatic heterocycles. The average molecular weight is 341 g/mol. The van der Waals surface area contributed by atoms with Gasteiger partial charge in [-0.15, -0.1) is 15.2 Å². The van der Waals surface area contributed by atoms with Gasteiger partial charge >= 0.3 is 10.2 Å². The van der Waals surface area contributed by atoms with Crippen molar-refractivity contribution in [2.75, 3.05) is 17.2 Å². The van der Waals surface area contributed by atoms with Gasteiger partial charge in [0.1, 0.15) is 5.25 Å². The SMILES string of the molecule is Nc1nc(-c2ccc(N3CC(S(=O)(=O)F)CC3=O)cc2)cs1. The van der Waals surface area contributed by atoms with Crippen LogP contribution in [0.4, 0.5) is 14.7 Å². The number of aromatic nitrogens is 1. The number of halogens is 1. The van der Waals surface area contributed by atoms with Crippen LogP contribution in [0.5, 0.6) is 0 Å². The maximum Gasteiger partial charge on any atom is 0.307 e. The lowest BCUT2D eigenvalue weighted by atomic mass is 10.1. The number of rotatable bonds is 3. The lowest BCUT2D eigenvalue weighted by molar-refractivity contribution is -0.117. The van der Waals surface area contributed by atoms with Crippen molar-refractivity contribution < 1.29 is 17.1 Å². The van der Waals surface area contributed by atoms with E-state index in [9.17, 15) is 17.1 Å². The van der Waals surface area contributed by atoms with Crippen LogP contribution in [-0.2, 0) is 15.0 Å². The molecule has 6 nitrogen and oxygen atoms in total. The lowest BCUT2D eigenvalue weighted by Crippen LogP contribution is -2.26. The number of anilines is 2. The minimum Gasteiger partial charge on any atom is -0.375 e. The van der Waals surface area contributed by atoms with E-state index in [0.29, 0.717) is 10.8 Å². The van der Waals surface area contributed by atoms with Crippen LogP contribution >= 0.6 is 11.3 Å². The Morgan fingerprint density at radius 1 is 1.32 bits per heavy atom. The van der Waals surface area contributed by atoms with Gasteiger partial charge in [0.25, 0.3) is 0 Å². The molecule has 1 unspecified atom stereocenters. The number of amides is 1. The molecule has 22 heavy (non-hydrogen) atoms. The number of thiazole rings is 1.